The fourth-order valence-corrected chi connectivity index (χ4v) is 3.82. The number of rotatable bonds is 4. The third kappa shape index (κ3) is 3.63. The highest BCUT2D eigenvalue weighted by atomic mass is 16.2. The molecule has 0 fully saturated rings. The lowest BCUT2D eigenvalue weighted by Gasteiger charge is -2.29. The van der Waals surface area contributed by atoms with Gasteiger partial charge in [0.15, 0.2) is 0 Å². The topological polar surface area (TPSA) is 36.4 Å². The summed E-state index contributed by atoms with van der Waals surface area (Å²) < 4.78 is 0. The molecule has 142 valence electrons. The van der Waals surface area contributed by atoms with Crippen LogP contribution in [0.5, 0.6) is 0 Å². The van der Waals surface area contributed by atoms with Crippen LogP contribution in [0, 0.1) is 6.92 Å². The van der Waals surface area contributed by atoms with Crippen LogP contribution < -0.4 is 4.90 Å². The van der Waals surface area contributed by atoms with Crippen molar-refractivity contribution < 1.29 is 4.79 Å². The van der Waals surface area contributed by atoms with Gasteiger partial charge in [0.1, 0.15) is 5.82 Å². The van der Waals surface area contributed by atoms with Crippen molar-refractivity contribution in [3.05, 3.63) is 89.1 Å². The van der Waals surface area contributed by atoms with Gasteiger partial charge in [0, 0.05) is 37.1 Å². The van der Waals surface area contributed by atoms with Crippen LogP contribution in [0.1, 0.15) is 34.0 Å². The molecule has 4 rings (SSSR count). The molecule has 4 nitrogen and oxygen atoms in total. The molecule has 0 bridgehead atoms. The normalized spacial score (nSPS) is 13.1. The largest absolute Gasteiger partial charge is 0.334 e. The van der Waals surface area contributed by atoms with Crippen molar-refractivity contribution >= 4 is 17.4 Å². The van der Waals surface area contributed by atoms with E-state index in [1.54, 1.807) is 6.20 Å². The molecule has 28 heavy (non-hydrogen) atoms. The summed E-state index contributed by atoms with van der Waals surface area (Å²) in [5, 5.41) is 0. The maximum absolute atomic E-state index is 13.1. The predicted octanol–water partition coefficient (Wildman–Crippen LogP) is 4.75. The summed E-state index contributed by atoms with van der Waals surface area (Å²) in [6.07, 6.45) is 2.64. The number of amides is 1. The molecule has 2 heterocycles. The van der Waals surface area contributed by atoms with Gasteiger partial charge in [-0.2, -0.15) is 0 Å². The summed E-state index contributed by atoms with van der Waals surface area (Å²) in [7, 11) is 0. The minimum Gasteiger partial charge on any atom is -0.334 e. The average Bonchev–Trinajstić information content (AvgIpc) is 2.74. The van der Waals surface area contributed by atoms with E-state index in [9.17, 15) is 4.79 Å². The maximum atomic E-state index is 13.1. The SMILES string of the molecule is CCN(c1cccc(C)c1)c1cc(C(=O)N2CCc3ccccc3C2)ccn1. The first kappa shape index (κ1) is 18.2. The van der Waals surface area contributed by atoms with E-state index in [4.69, 9.17) is 0 Å². The molecule has 3 aromatic rings. The second-order valence-corrected chi connectivity index (χ2v) is 7.23. The number of benzene rings is 2. The van der Waals surface area contributed by atoms with Crippen molar-refractivity contribution in [2.75, 3.05) is 18.0 Å². The number of nitrogens with zero attached hydrogens (tertiary/aromatic N) is 3. The summed E-state index contributed by atoms with van der Waals surface area (Å²) in [6, 6.07) is 20.5. The first-order valence-electron chi connectivity index (χ1n) is 9.82. The summed E-state index contributed by atoms with van der Waals surface area (Å²) in [5.74, 6) is 0.870. The lowest BCUT2D eigenvalue weighted by atomic mass is 9.99. The smallest absolute Gasteiger partial charge is 0.254 e. The van der Waals surface area contributed by atoms with Crippen LogP contribution in [0.3, 0.4) is 0 Å². The van der Waals surface area contributed by atoms with Crippen LogP contribution in [0.4, 0.5) is 11.5 Å². The van der Waals surface area contributed by atoms with Gasteiger partial charge >= 0.3 is 0 Å². The van der Waals surface area contributed by atoms with Gasteiger partial charge in [0.2, 0.25) is 0 Å². The Hall–Kier alpha value is -3.14. The average molecular weight is 371 g/mol. The third-order valence-corrected chi connectivity index (χ3v) is 5.32. The van der Waals surface area contributed by atoms with Crippen molar-refractivity contribution in [1.82, 2.24) is 9.88 Å². The van der Waals surface area contributed by atoms with Crippen molar-refractivity contribution in [3.8, 4) is 0 Å². The van der Waals surface area contributed by atoms with Crippen LogP contribution >= 0.6 is 0 Å². The molecule has 1 aliphatic rings. The zero-order valence-electron chi connectivity index (χ0n) is 16.4. The zero-order valence-corrected chi connectivity index (χ0v) is 16.4. The number of carbonyl (C=O) groups is 1. The monoisotopic (exact) mass is 371 g/mol. The predicted molar refractivity (Wildman–Crippen MR) is 113 cm³/mol. The van der Waals surface area contributed by atoms with Crippen molar-refractivity contribution in [1.29, 1.82) is 0 Å². The summed E-state index contributed by atoms with van der Waals surface area (Å²) >= 11 is 0. The molecule has 2 aromatic carbocycles. The van der Waals surface area contributed by atoms with Crippen LogP contribution in [0.15, 0.2) is 66.9 Å². The number of pyridine rings is 1. The van der Waals surface area contributed by atoms with E-state index in [1.807, 2.05) is 29.2 Å². The lowest BCUT2D eigenvalue weighted by molar-refractivity contribution is 0.0734. The van der Waals surface area contributed by atoms with Crippen molar-refractivity contribution in [2.45, 2.75) is 26.8 Å². The third-order valence-electron chi connectivity index (χ3n) is 5.32. The second-order valence-electron chi connectivity index (χ2n) is 7.23. The number of anilines is 2. The van der Waals surface area contributed by atoms with Gasteiger partial charge in [-0.05, 0) is 61.2 Å². The van der Waals surface area contributed by atoms with E-state index in [1.165, 1.54) is 16.7 Å². The van der Waals surface area contributed by atoms with E-state index >= 15 is 0 Å². The summed E-state index contributed by atoms with van der Waals surface area (Å²) in [6.45, 7) is 6.38. The minimum absolute atomic E-state index is 0.0680. The Morgan fingerprint density at radius 3 is 2.68 bits per heavy atom. The highest BCUT2D eigenvalue weighted by molar-refractivity contribution is 5.95. The zero-order chi connectivity index (χ0) is 19.5. The Bertz CT molecular complexity index is 998. The van der Waals surface area contributed by atoms with E-state index in [0.717, 1.165) is 31.0 Å². The summed E-state index contributed by atoms with van der Waals surface area (Å²) in [5.41, 5.74) is 5.57. The number of fused-ring (bicyclic) bond motifs is 1. The van der Waals surface area contributed by atoms with Gasteiger partial charge in [-0.1, -0.05) is 36.4 Å². The molecule has 4 heteroatoms. The van der Waals surface area contributed by atoms with Crippen LogP contribution in [-0.4, -0.2) is 28.9 Å². The Morgan fingerprint density at radius 2 is 1.89 bits per heavy atom. The molecule has 0 spiro atoms. The number of aryl methyl sites for hydroxylation is 1. The molecule has 0 atom stereocenters. The standard InChI is InChI=1S/C24H25N3O/c1-3-27(22-10-6-7-18(2)15-22)23-16-20(11-13-25-23)24(28)26-14-12-19-8-4-5-9-21(19)17-26/h4-11,13,15-16H,3,12,14,17H2,1-2H3. The minimum atomic E-state index is 0.0680. The molecule has 1 amide bonds. The fraction of sp³-hybridized carbons (Fsp3) is 0.250. The van der Waals surface area contributed by atoms with Gasteiger partial charge in [0.25, 0.3) is 5.91 Å². The molecule has 0 saturated heterocycles. The highest BCUT2D eigenvalue weighted by Gasteiger charge is 2.22. The van der Waals surface area contributed by atoms with Gasteiger partial charge in [-0.3, -0.25) is 4.79 Å². The first-order valence-corrected chi connectivity index (χ1v) is 9.82. The number of hydrogen-bond acceptors (Lipinski definition) is 3. The maximum Gasteiger partial charge on any atom is 0.254 e. The van der Waals surface area contributed by atoms with Crippen LogP contribution in [0.2, 0.25) is 0 Å². The van der Waals surface area contributed by atoms with Crippen LogP contribution in [0.25, 0.3) is 0 Å². The quantitative estimate of drug-likeness (QED) is 0.664. The molecular weight excluding hydrogens is 346 g/mol. The molecule has 0 aliphatic carbocycles. The molecule has 1 aliphatic heterocycles. The molecule has 1 aromatic heterocycles. The Morgan fingerprint density at radius 1 is 1.07 bits per heavy atom. The van der Waals surface area contributed by atoms with Gasteiger partial charge < -0.3 is 9.80 Å². The first-order chi connectivity index (χ1) is 13.7. The molecular formula is C24H25N3O. The van der Waals surface area contributed by atoms with E-state index in [-0.39, 0.29) is 5.91 Å². The Kier molecular flexibility index (Phi) is 5.11. The fourth-order valence-electron chi connectivity index (χ4n) is 3.82. The molecule has 0 unspecified atom stereocenters. The number of hydrogen-bond donors (Lipinski definition) is 0. The Balaban J connectivity index is 1.59. The van der Waals surface area contributed by atoms with E-state index in [0.29, 0.717) is 12.1 Å². The van der Waals surface area contributed by atoms with E-state index < -0.39 is 0 Å². The van der Waals surface area contributed by atoms with Crippen LogP contribution in [-0.2, 0) is 13.0 Å². The summed E-state index contributed by atoms with van der Waals surface area (Å²) in [4.78, 5) is 21.7. The van der Waals surface area contributed by atoms with Gasteiger partial charge in [-0.25, -0.2) is 4.98 Å². The van der Waals surface area contributed by atoms with Crippen molar-refractivity contribution in [3.63, 3.8) is 0 Å². The second kappa shape index (κ2) is 7.85. The lowest BCUT2D eigenvalue weighted by Crippen LogP contribution is -2.36. The van der Waals surface area contributed by atoms with Gasteiger partial charge in [-0.15, -0.1) is 0 Å². The number of carbonyl (C=O) groups excluding carboxylic acids is 1. The molecule has 0 saturated carbocycles. The van der Waals surface area contributed by atoms with Gasteiger partial charge in [0.05, 0.1) is 0 Å². The molecule has 0 radical (unpaired) electrons. The Labute approximate surface area is 166 Å². The van der Waals surface area contributed by atoms with E-state index in [2.05, 4.69) is 60.1 Å². The highest BCUT2D eigenvalue weighted by Crippen LogP contribution is 2.26. The molecule has 0 N–H and O–H groups in total. The number of aromatic nitrogens is 1. The van der Waals surface area contributed by atoms with Crippen molar-refractivity contribution in [2.24, 2.45) is 0 Å².